The van der Waals surface area contributed by atoms with Gasteiger partial charge >= 0.3 is 5.97 Å². The van der Waals surface area contributed by atoms with Gasteiger partial charge in [0.25, 0.3) is 5.91 Å². The van der Waals surface area contributed by atoms with Gasteiger partial charge in [-0.2, -0.15) is 0 Å². The van der Waals surface area contributed by atoms with Crippen molar-refractivity contribution < 1.29 is 18.7 Å². The summed E-state index contributed by atoms with van der Waals surface area (Å²) >= 11 is 0. The molecule has 0 radical (unpaired) electrons. The summed E-state index contributed by atoms with van der Waals surface area (Å²) in [4.78, 5) is 24.7. The number of ether oxygens (including phenoxy) is 1. The minimum absolute atomic E-state index is 0.0453. The van der Waals surface area contributed by atoms with E-state index in [0.717, 1.165) is 42.6 Å². The van der Waals surface area contributed by atoms with Gasteiger partial charge in [-0.05, 0) is 77.0 Å². The molecular formula is C20H27NO4. The monoisotopic (exact) mass is 345 g/mol. The topological polar surface area (TPSA) is 68.5 Å². The van der Waals surface area contributed by atoms with Crippen LogP contribution in [0.2, 0.25) is 0 Å². The van der Waals surface area contributed by atoms with Crippen LogP contribution in [0, 0.1) is 38.5 Å². The highest BCUT2D eigenvalue weighted by molar-refractivity contribution is 5.94. The molecule has 1 aromatic heterocycles. The Morgan fingerprint density at radius 3 is 2.08 bits per heavy atom. The van der Waals surface area contributed by atoms with E-state index in [0.29, 0.717) is 17.1 Å². The van der Waals surface area contributed by atoms with Crippen LogP contribution in [0.5, 0.6) is 0 Å². The molecule has 25 heavy (non-hydrogen) atoms. The Morgan fingerprint density at radius 1 is 1.04 bits per heavy atom. The third-order valence-corrected chi connectivity index (χ3v) is 6.54. The number of nitrogens with one attached hydrogen (secondary N) is 1. The summed E-state index contributed by atoms with van der Waals surface area (Å²) < 4.78 is 10.7. The molecule has 5 nitrogen and oxygen atoms in total. The lowest BCUT2D eigenvalue weighted by Crippen LogP contribution is -2.60. The lowest BCUT2D eigenvalue weighted by Gasteiger charge is -2.56. The summed E-state index contributed by atoms with van der Waals surface area (Å²) in [5, 5.41) is 3.23. The molecule has 4 bridgehead atoms. The van der Waals surface area contributed by atoms with Crippen LogP contribution >= 0.6 is 0 Å². The Morgan fingerprint density at radius 2 is 1.60 bits per heavy atom. The molecule has 0 atom stereocenters. The number of esters is 1. The summed E-state index contributed by atoms with van der Waals surface area (Å²) in [6.45, 7) is 5.17. The normalized spacial score (nSPS) is 32.7. The molecule has 0 spiro atoms. The number of aryl methyl sites for hydroxylation is 2. The first kappa shape index (κ1) is 16.7. The third-order valence-electron chi connectivity index (χ3n) is 6.54. The van der Waals surface area contributed by atoms with Gasteiger partial charge in [-0.15, -0.1) is 0 Å². The van der Waals surface area contributed by atoms with Gasteiger partial charge in [-0.3, -0.25) is 4.79 Å². The van der Waals surface area contributed by atoms with Crippen LogP contribution < -0.4 is 5.32 Å². The van der Waals surface area contributed by atoms with Crippen LogP contribution in [-0.4, -0.2) is 24.0 Å². The summed E-state index contributed by atoms with van der Waals surface area (Å²) in [6, 6.07) is 0. The Balaban J connectivity index is 1.36. The van der Waals surface area contributed by atoms with E-state index in [-0.39, 0.29) is 18.1 Å². The quantitative estimate of drug-likeness (QED) is 0.849. The molecule has 0 aromatic carbocycles. The molecular weight excluding hydrogens is 318 g/mol. The molecule has 1 amide bonds. The maximum Gasteiger partial charge on any atom is 0.342 e. The molecule has 1 aromatic rings. The molecule has 4 saturated carbocycles. The van der Waals surface area contributed by atoms with Gasteiger partial charge in [0.1, 0.15) is 17.1 Å². The van der Waals surface area contributed by atoms with Crippen molar-refractivity contribution in [3.63, 3.8) is 0 Å². The number of carbonyl (C=O) groups excluding carboxylic acids is 2. The first-order chi connectivity index (χ1) is 11.8. The minimum atomic E-state index is -0.479. The molecule has 1 heterocycles. The minimum Gasteiger partial charge on any atom is -0.465 e. The zero-order valence-electron chi connectivity index (χ0n) is 15.3. The zero-order chi connectivity index (χ0) is 17.8. The van der Waals surface area contributed by atoms with Gasteiger partial charge in [-0.1, -0.05) is 0 Å². The maximum atomic E-state index is 12.4. The van der Waals surface area contributed by atoms with Gasteiger partial charge in [0.2, 0.25) is 0 Å². The molecule has 5 rings (SSSR count). The van der Waals surface area contributed by atoms with Crippen molar-refractivity contribution in [1.29, 1.82) is 0 Å². The van der Waals surface area contributed by atoms with E-state index in [1.807, 2.05) is 13.8 Å². The lowest BCUT2D eigenvalue weighted by atomic mass is 9.53. The SMILES string of the molecule is Cc1oc(C)c(C(=O)OCC(=O)NC23CC4CC(CC(C4)C2)C3)c1C. The number of rotatable bonds is 4. The van der Waals surface area contributed by atoms with Crippen LogP contribution in [0.1, 0.15) is 66.0 Å². The van der Waals surface area contributed by atoms with Gasteiger partial charge in [-0.25, -0.2) is 4.79 Å². The average molecular weight is 345 g/mol. The van der Waals surface area contributed by atoms with Gasteiger partial charge in [0.15, 0.2) is 6.61 Å². The highest BCUT2D eigenvalue weighted by Crippen LogP contribution is 2.55. The van der Waals surface area contributed by atoms with Crippen molar-refractivity contribution in [2.24, 2.45) is 17.8 Å². The molecule has 1 N–H and O–H groups in total. The van der Waals surface area contributed by atoms with E-state index in [1.54, 1.807) is 6.92 Å². The van der Waals surface area contributed by atoms with Crippen molar-refractivity contribution in [3.05, 3.63) is 22.6 Å². The van der Waals surface area contributed by atoms with Crippen molar-refractivity contribution in [2.45, 2.75) is 64.8 Å². The molecule has 0 unspecified atom stereocenters. The molecule has 0 saturated heterocycles. The second-order valence-electron chi connectivity index (χ2n) is 8.54. The molecule has 4 aliphatic rings. The fraction of sp³-hybridized carbons (Fsp3) is 0.700. The first-order valence-corrected chi connectivity index (χ1v) is 9.40. The molecule has 136 valence electrons. The summed E-state index contributed by atoms with van der Waals surface area (Å²) in [6.07, 6.45) is 7.29. The average Bonchev–Trinajstić information content (AvgIpc) is 2.76. The van der Waals surface area contributed by atoms with Crippen LogP contribution in [0.15, 0.2) is 4.42 Å². The maximum absolute atomic E-state index is 12.4. The Labute approximate surface area is 148 Å². The van der Waals surface area contributed by atoms with Crippen molar-refractivity contribution in [2.75, 3.05) is 6.61 Å². The van der Waals surface area contributed by atoms with Crippen LogP contribution in [0.3, 0.4) is 0 Å². The largest absolute Gasteiger partial charge is 0.465 e. The summed E-state index contributed by atoms with van der Waals surface area (Å²) in [7, 11) is 0. The van der Waals surface area contributed by atoms with E-state index in [9.17, 15) is 9.59 Å². The van der Waals surface area contributed by atoms with Crippen molar-refractivity contribution in [3.8, 4) is 0 Å². The standard InChI is InChI=1S/C20H27NO4/c1-11-12(2)25-13(3)18(11)19(23)24-10-17(22)21-20-7-14-4-15(8-20)6-16(5-14)9-20/h14-16H,4-10H2,1-3H3,(H,21,22). The molecule has 4 fully saturated rings. The Hall–Kier alpha value is -1.78. The summed E-state index contributed by atoms with van der Waals surface area (Å²) in [5.74, 6) is 2.91. The fourth-order valence-corrected chi connectivity index (χ4v) is 5.89. The summed E-state index contributed by atoms with van der Waals surface area (Å²) in [5.41, 5.74) is 1.18. The third kappa shape index (κ3) is 2.98. The Kier molecular flexibility index (Phi) is 3.93. The predicted molar refractivity (Wildman–Crippen MR) is 92.2 cm³/mol. The van der Waals surface area contributed by atoms with Crippen LogP contribution in [-0.2, 0) is 9.53 Å². The smallest absolute Gasteiger partial charge is 0.342 e. The fourth-order valence-electron chi connectivity index (χ4n) is 5.89. The van der Waals surface area contributed by atoms with Crippen molar-refractivity contribution in [1.82, 2.24) is 5.32 Å². The van der Waals surface area contributed by atoms with Gasteiger partial charge in [0, 0.05) is 11.1 Å². The number of furan rings is 1. The van der Waals surface area contributed by atoms with E-state index >= 15 is 0 Å². The highest BCUT2D eigenvalue weighted by atomic mass is 16.5. The van der Waals surface area contributed by atoms with E-state index < -0.39 is 5.97 Å². The van der Waals surface area contributed by atoms with Gasteiger partial charge in [0.05, 0.1) is 0 Å². The van der Waals surface area contributed by atoms with Crippen molar-refractivity contribution >= 4 is 11.9 Å². The number of hydrogen-bond acceptors (Lipinski definition) is 4. The second-order valence-corrected chi connectivity index (χ2v) is 8.54. The van der Waals surface area contributed by atoms with E-state index in [2.05, 4.69) is 5.32 Å². The lowest BCUT2D eigenvalue weighted by molar-refractivity contribution is -0.130. The molecule has 4 aliphatic carbocycles. The van der Waals surface area contributed by atoms with E-state index in [4.69, 9.17) is 9.15 Å². The Bertz CT molecular complexity index is 682. The second kappa shape index (κ2) is 5.89. The number of hydrogen-bond donors (Lipinski definition) is 1. The highest BCUT2D eigenvalue weighted by Gasteiger charge is 2.51. The van der Waals surface area contributed by atoms with E-state index in [1.165, 1.54) is 19.3 Å². The van der Waals surface area contributed by atoms with Crippen LogP contribution in [0.25, 0.3) is 0 Å². The molecule has 5 heteroatoms. The zero-order valence-corrected chi connectivity index (χ0v) is 15.3. The number of amides is 1. The first-order valence-electron chi connectivity index (χ1n) is 9.40. The van der Waals surface area contributed by atoms with Crippen LogP contribution in [0.4, 0.5) is 0 Å². The number of carbonyl (C=O) groups is 2. The predicted octanol–water partition coefficient (Wildman–Crippen LogP) is 3.45. The van der Waals surface area contributed by atoms with Gasteiger partial charge < -0.3 is 14.5 Å². The molecule has 0 aliphatic heterocycles.